The third kappa shape index (κ3) is 12.7. The second-order valence-electron chi connectivity index (χ2n) is 17.2. The van der Waals surface area contributed by atoms with Crippen LogP contribution in [0.15, 0.2) is 48.6 Å². The topological polar surface area (TPSA) is 186 Å². The maximum absolute atomic E-state index is 12.9. The number of hydrogen-bond donors (Lipinski definition) is 3. The standard InChI is InChI=1S/C45H64N4O11/c1-8-15-45(25-29(2)24-44(3,4)28-45)48-43(53)59-27-35(46)41(51)57-19-18-49-16-13-33(14-17-49)47-42(52)60-37-12-10-31(23-39(37)56-7)21-34-32(26-58-40(34)50)20-30-9-11-36(54-5)38(22-30)55-6/h9-12,22-23,32-35H,2,8,13-21,24-28,46H2,1,3-7H3,(H,47,52)(H,48,53)/t32-,34+,35-,45?/m0/s1. The highest BCUT2D eigenvalue weighted by Gasteiger charge is 2.42. The molecule has 0 aromatic heterocycles. The Hall–Kier alpha value is -5.02. The summed E-state index contributed by atoms with van der Waals surface area (Å²) >= 11 is 0. The summed E-state index contributed by atoms with van der Waals surface area (Å²) < 4.78 is 38.3. The lowest BCUT2D eigenvalue weighted by molar-refractivity contribution is -0.146. The van der Waals surface area contributed by atoms with E-state index in [-0.39, 0.29) is 48.2 Å². The molecule has 2 heterocycles. The fourth-order valence-corrected chi connectivity index (χ4v) is 9.07. The van der Waals surface area contributed by atoms with Gasteiger partial charge in [0, 0.05) is 37.1 Å². The minimum atomic E-state index is -1.11. The predicted octanol–water partition coefficient (Wildman–Crippen LogP) is 5.74. The van der Waals surface area contributed by atoms with Gasteiger partial charge in [0.1, 0.15) is 19.3 Å². The highest BCUT2D eigenvalue weighted by atomic mass is 16.6. The Balaban J connectivity index is 1.00. The van der Waals surface area contributed by atoms with E-state index < -0.39 is 29.7 Å². The molecule has 15 nitrogen and oxygen atoms in total. The van der Waals surface area contributed by atoms with Crippen LogP contribution in [0, 0.1) is 17.3 Å². The molecule has 2 aromatic carbocycles. The lowest BCUT2D eigenvalue weighted by Gasteiger charge is -2.46. The molecule has 0 spiro atoms. The number of carbonyl (C=O) groups is 4. The molecule has 330 valence electrons. The molecule has 15 heteroatoms. The third-order valence-corrected chi connectivity index (χ3v) is 11.6. The highest BCUT2D eigenvalue weighted by molar-refractivity contribution is 5.77. The molecule has 1 aliphatic carbocycles. The van der Waals surface area contributed by atoms with Gasteiger partial charge < -0.3 is 49.5 Å². The quantitative estimate of drug-likeness (QED) is 0.0939. The van der Waals surface area contributed by atoms with Crippen LogP contribution < -0.4 is 35.3 Å². The van der Waals surface area contributed by atoms with Crippen LogP contribution in [0.25, 0.3) is 0 Å². The van der Waals surface area contributed by atoms with Gasteiger partial charge in [-0.2, -0.15) is 0 Å². The first-order valence-electron chi connectivity index (χ1n) is 20.9. The summed E-state index contributed by atoms with van der Waals surface area (Å²) in [6, 6.07) is 9.79. The highest BCUT2D eigenvalue weighted by Crippen LogP contribution is 2.45. The lowest BCUT2D eigenvalue weighted by atomic mass is 9.65. The first-order valence-corrected chi connectivity index (χ1v) is 20.9. The van der Waals surface area contributed by atoms with Crippen LogP contribution >= 0.6 is 0 Å². The van der Waals surface area contributed by atoms with Crippen LogP contribution in [0.4, 0.5) is 9.59 Å². The van der Waals surface area contributed by atoms with Crippen molar-refractivity contribution < 1.29 is 52.3 Å². The Morgan fingerprint density at radius 1 is 0.917 bits per heavy atom. The zero-order valence-electron chi connectivity index (χ0n) is 36.1. The number of methoxy groups -OCH3 is 3. The number of cyclic esters (lactones) is 1. The zero-order chi connectivity index (χ0) is 43.5. The van der Waals surface area contributed by atoms with E-state index in [1.165, 1.54) is 7.11 Å². The van der Waals surface area contributed by atoms with Crippen molar-refractivity contribution in [3.8, 4) is 23.0 Å². The molecule has 1 unspecified atom stereocenters. The lowest BCUT2D eigenvalue weighted by Crippen LogP contribution is -2.54. The van der Waals surface area contributed by atoms with Crippen molar-refractivity contribution in [3.05, 3.63) is 59.7 Å². The number of benzene rings is 2. The average Bonchev–Trinajstić information content (AvgIpc) is 3.54. The number of alkyl carbamates (subject to hydrolysis) is 1. The Morgan fingerprint density at radius 3 is 2.22 bits per heavy atom. The molecular formula is C45H64N4O11. The van der Waals surface area contributed by atoms with Crippen LogP contribution in [-0.4, -0.2) is 107 Å². The van der Waals surface area contributed by atoms with Gasteiger partial charge in [0.25, 0.3) is 0 Å². The summed E-state index contributed by atoms with van der Waals surface area (Å²) in [6.07, 6.45) is 5.35. The van der Waals surface area contributed by atoms with Crippen molar-refractivity contribution in [3.63, 3.8) is 0 Å². The molecule has 2 aliphatic heterocycles. The molecule has 4 N–H and O–H groups in total. The molecule has 1 saturated carbocycles. The van der Waals surface area contributed by atoms with Crippen molar-refractivity contribution in [2.75, 3.05) is 60.8 Å². The number of likely N-dealkylation sites (tertiary alicyclic amines) is 1. The largest absolute Gasteiger partial charge is 0.493 e. The number of piperidine rings is 1. The van der Waals surface area contributed by atoms with Crippen molar-refractivity contribution in [2.45, 2.75) is 96.2 Å². The van der Waals surface area contributed by atoms with Gasteiger partial charge in [-0.25, -0.2) is 9.59 Å². The number of nitrogens with two attached hydrogens (primary N) is 1. The first-order chi connectivity index (χ1) is 28.6. The van der Waals surface area contributed by atoms with Gasteiger partial charge in [0.15, 0.2) is 23.0 Å². The smallest absolute Gasteiger partial charge is 0.412 e. The number of carbonyl (C=O) groups excluding carboxylic acids is 4. The average molecular weight is 837 g/mol. The van der Waals surface area contributed by atoms with Crippen molar-refractivity contribution in [1.82, 2.24) is 15.5 Å². The van der Waals surface area contributed by atoms with Gasteiger partial charge >= 0.3 is 24.1 Å². The number of hydrogen-bond acceptors (Lipinski definition) is 13. The molecule has 3 fully saturated rings. The van der Waals surface area contributed by atoms with Gasteiger partial charge in [-0.1, -0.05) is 51.5 Å². The number of amides is 2. The van der Waals surface area contributed by atoms with Crippen LogP contribution in [0.1, 0.15) is 76.8 Å². The molecular weight excluding hydrogens is 773 g/mol. The summed E-state index contributed by atoms with van der Waals surface area (Å²) in [4.78, 5) is 53.2. The van der Waals surface area contributed by atoms with Crippen LogP contribution in [-0.2, 0) is 36.6 Å². The summed E-state index contributed by atoms with van der Waals surface area (Å²) in [7, 11) is 4.68. The molecule has 4 atom stereocenters. The second-order valence-corrected chi connectivity index (χ2v) is 17.2. The van der Waals surface area contributed by atoms with Crippen LogP contribution in [0.5, 0.6) is 23.0 Å². The van der Waals surface area contributed by atoms with Gasteiger partial charge in [0.05, 0.1) is 33.9 Å². The van der Waals surface area contributed by atoms with Crippen molar-refractivity contribution in [2.24, 2.45) is 23.0 Å². The number of rotatable bonds is 18. The summed E-state index contributed by atoms with van der Waals surface area (Å²) in [5.41, 5.74) is 8.56. The Labute approximate surface area is 353 Å². The van der Waals surface area contributed by atoms with E-state index in [1.807, 2.05) is 24.3 Å². The Bertz CT molecular complexity index is 1830. The van der Waals surface area contributed by atoms with Crippen LogP contribution in [0.2, 0.25) is 0 Å². The third-order valence-electron chi connectivity index (χ3n) is 11.6. The Kier molecular flexibility index (Phi) is 16.1. The van der Waals surface area contributed by atoms with E-state index in [4.69, 9.17) is 38.9 Å². The normalized spacial score (nSPS) is 22.2. The minimum absolute atomic E-state index is 0.0120. The molecule has 3 aliphatic rings. The van der Waals surface area contributed by atoms with Crippen molar-refractivity contribution >= 4 is 24.1 Å². The number of nitrogens with zero attached hydrogens (tertiary/aromatic N) is 1. The fourth-order valence-electron chi connectivity index (χ4n) is 9.07. The van der Waals surface area contributed by atoms with Gasteiger partial charge in [-0.05, 0) is 92.2 Å². The van der Waals surface area contributed by atoms with Gasteiger partial charge in [-0.15, -0.1) is 0 Å². The van der Waals surface area contributed by atoms with Gasteiger partial charge in [-0.3, -0.25) is 14.5 Å². The van der Waals surface area contributed by atoms with E-state index in [0.717, 1.165) is 42.4 Å². The summed E-state index contributed by atoms with van der Waals surface area (Å²) in [5.74, 6) is 0.627. The second kappa shape index (κ2) is 21.0. The SMILES string of the molecule is C=C1CC(C)(C)CC(CCC)(NC(=O)OC[C@H](N)C(=O)OCCN2CCC(NC(=O)Oc3ccc(C[C@H]4C(=O)OC[C@@H]4Cc4ccc(OC)c(OC)c4)cc3OC)CC2)C1. The van der Waals surface area contributed by atoms with E-state index in [0.29, 0.717) is 75.6 Å². The Morgan fingerprint density at radius 2 is 1.57 bits per heavy atom. The number of esters is 2. The fraction of sp³-hybridized carbons (Fsp3) is 0.600. The van der Waals surface area contributed by atoms with E-state index in [9.17, 15) is 19.2 Å². The molecule has 5 rings (SSSR count). The molecule has 2 aromatic rings. The molecule has 2 saturated heterocycles. The zero-order valence-corrected chi connectivity index (χ0v) is 36.1. The molecule has 0 bridgehead atoms. The predicted molar refractivity (Wildman–Crippen MR) is 224 cm³/mol. The molecule has 60 heavy (non-hydrogen) atoms. The summed E-state index contributed by atoms with van der Waals surface area (Å²) in [5, 5.41) is 6.01. The van der Waals surface area contributed by atoms with E-state index in [1.54, 1.807) is 26.4 Å². The maximum atomic E-state index is 12.9. The van der Waals surface area contributed by atoms with E-state index in [2.05, 4.69) is 42.9 Å². The van der Waals surface area contributed by atoms with Crippen molar-refractivity contribution in [1.29, 1.82) is 0 Å². The maximum Gasteiger partial charge on any atom is 0.412 e. The van der Waals surface area contributed by atoms with Gasteiger partial charge in [0.2, 0.25) is 0 Å². The first kappa shape index (κ1) is 46.1. The molecule has 0 radical (unpaired) electrons. The van der Waals surface area contributed by atoms with Crippen LogP contribution in [0.3, 0.4) is 0 Å². The number of nitrogens with one attached hydrogen (secondary N) is 2. The minimum Gasteiger partial charge on any atom is -0.493 e. The molecule has 2 amide bonds. The monoisotopic (exact) mass is 836 g/mol. The summed E-state index contributed by atoms with van der Waals surface area (Å²) in [6.45, 7) is 12.7. The number of ether oxygens (including phenoxy) is 7. The van der Waals surface area contributed by atoms with E-state index >= 15 is 0 Å².